The van der Waals surface area contributed by atoms with Gasteiger partial charge in [0.05, 0.1) is 13.2 Å². The van der Waals surface area contributed by atoms with Crippen LogP contribution in [0.15, 0.2) is 36.4 Å². The molecule has 3 nitrogen and oxygen atoms in total. The molecule has 1 aliphatic rings. The molecule has 0 spiro atoms. The average molecular weight is 309 g/mol. The molecule has 3 heteroatoms. The Labute approximate surface area is 137 Å². The van der Waals surface area contributed by atoms with Crippen molar-refractivity contribution in [2.24, 2.45) is 0 Å². The zero-order valence-corrected chi connectivity index (χ0v) is 14.0. The Morgan fingerprint density at radius 3 is 2.78 bits per heavy atom. The third-order valence-corrected chi connectivity index (χ3v) is 4.61. The van der Waals surface area contributed by atoms with Gasteiger partial charge in [0.2, 0.25) is 0 Å². The highest BCUT2D eigenvalue weighted by Crippen LogP contribution is 2.32. The number of carbonyl (C=O) groups excluding carboxylic acids is 1. The molecule has 2 aromatic carbocycles. The van der Waals surface area contributed by atoms with E-state index in [2.05, 4.69) is 17.4 Å². The molecule has 0 radical (unpaired) electrons. The lowest BCUT2D eigenvalue weighted by molar-refractivity contribution is 0.0932. The van der Waals surface area contributed by atoms with Gasteiger partial charge in [-0.2, -0.15) is 0 Å². The van der Waals surface area contributed by atoms with Crippen LogP contribution in [0.2, 0.25) is 0 Å². The van der Waals surface area contributed by atoms with Crippen molar-refractivity contribution in [2.75, 3.05) is 7.11 Å². The van der Waals surface area contributed by atoms with E-state index in [0.29, 0.717) is 0 Å². The van der Waals surface area contributed by atoms with Crippen molar-refractivity contribution < 1.29 is 9.53 Å². The lowest BCUT2D eigenvalue weighted by Gasteiger charge is -2.27. The van der Waals surface area contributed by atoms with Crippen LogP contribution in [0.3, 0.4) is 0 Å². The number of carbonyl (C=O) groups is 1. The minimum absolute atomic E-state index is 0.0138. The predicted molar refractivity (Wildman–Crippen MR) is 92.1 cm³/mol. The number of nitrogens with one attached hydrogen (secondary N) is 1. The summed E-state index contributed by atoms with van der Waals surface area (Å²) in [4.78, 5) is 12.7. The summed E-state index contributed by atoms with van der Waals surface area (Å²) in [6.07, 6.45) is 3.11. The molecular formula is C20H23NO2. The van der Waals surface area contributed by atoms with E-state index >= 15 is 0 Å². The van der Waals surface area contributed by atoms with Crippen LogP contribution in [0.1, 0.15) is 51.5 Å². The topological polar surface area (TPSA) is 38.3 Å². The molecule has 23 heavy (non-hydrogen) atoms. The van der Waals surface area contributed by atoms with Crippen molar-refractivity contribution in [2.45, 2.75) is 39.2 Å². The van der Waals surface area contributed by atoms with E-state index in [4.69, 9.17) is 4.74 Å². The second-order valence-electron chi connectivity index (χ2n) is 6.30. The number of ether oxygens (including phenoxy) is 1. The number of hydrogen-bond donors (Lipinski definition) is 1. The van der Waals surface area contributed by atoms with Crippen LogP contribution in [0, 0.1) is 13.8 Å². The monoisotopic (exact) mass is 309 g/mol. The molecule has 0 heterocycles. The van der Waals surface area contributed by atoms with Crippen molar-refractivity contribution in [1.82, 2.24) is 5.32 Å². The van der Waals surface area contributed by atoms with Gasteiger partial charge in [-0.25, -0.2) is 0 Å². The van der Waals surface area contributed by atoms with Crippen LogP contribution >= 0.6 is 0 Å². The smallest absolute Gasteiger partial charge is 0.252 e. The number of rotatable bonds is 3. The molecule has 3 rings (SSSR count). The van der Waals surface area contributed by atoms with E-state index in [0.717, 1.165) is 41.7 Å². The molecule has 0 saturated carbocycles. The molecule has 2 aromatic rings. The van der Waals surface area contributed by atoms with Gasteiger partial charge < -0.3 is 10.1 Å². The van der Waals surface area contributed by atoms with Crippen LogP contribution < -0.4 is 10.1 Å². The number of benzene rings is 2. The molecule has 0 fully saturated rings. The predicted octanol–water partition coefficient (Wildman–Crippen LogP) is 4.12. The fourth-order valence-corrected chi connectivity index (χ4v) is 3.28. The summed E-state index contributed by atoms with van der Waals surface area (Å²) >= 11 is 0. The van der Waals surface area contributed by atoms with E-state index in [9.17, 15) is 4.79 Å². The fraction of sp³-hybridized carbons (Fsp3) is 0.350. The molecule has 0 aliphatic heterocycles. The minimum atomic E-state index is 0.0138. The summed E-state index contributed by atoms with van der Waals surface area (Å²) in [6, 6.07) is 12.2. The van der Waals surface area contributed by atoms with E-state index in [-0.39, 0.29) is 11.9 Å². The number of aryl methyl sites for hydroxylation is 3. The molecule has 1 unspecified atom stereocenters. The Kier molecular flexibility index (Phi) is 4.37. The van der Waals surface area contributed by atoms with Gasteiger partial charge in [-0.05, 0) is 68.0 Å². The largest absolute Gasteiger partial charge is 0.497 e. The summed E-state index contributed by atoms with van der Waals surface area (Å²) < 4.78 is 5.31. The van der Waals surface area contributed by atoms with Crippen molar-refractivity contribution in [3.63, 3.8) is 0 Å². The SMILES string of the molecule is COc1ccc2c(c1)CCCC2NC(=O)c1cc(C)ccc1C. The van der Waals surface area contributed by atoms with Crippen LogP contribution in [-0.2, 0) is 6.42 Å². The Bertz CT molecular complexity index is 736. The van der Waals surface area contributed by atoms with Gasteiger partial charge in [0, 0.05) is 5.56 Å². The van der Waals surface area contributed by atoms with Crippen molar-refractivity contribution in [3.8, 4) is 5.75 Å². The maximum atomic E-state index is 12.7. The highest BCUT2D eigenvalue weighted by Gasteiger charge is 2.23. The van der Waals surface area contributed by atoms with Crippen molar-refractivity contribution >= 4 is 5.91 Å². The van der Waals surface area contributed by atoms with Crippen LogP contribution in [0.25, 0.3) is 0 Å². The van der Waals surface area contributed by atoms with Crippen molar-refractivity contribution in [3.05, 3.63) is 64.2 Å². The summed E-state index contributed by atoms with van der Waals surface area (Å²) in [6.45, 7) is 3.99. The molecule has 0 aromatic heterocycles. The first kappa shape index (κ1) is 15.6. The molecule has 0 saturated heterocycles. The van der Waals surface area contributed by atoms with Crippen molar-refractivity contribution in [1.29, 1.82) is 0 Å². The molecule has 1 amide bonds. The van der Waals surface area contributed by atoms with E-state index in [1.54, 1.807) is 7.11 Å². The first-order chi connectivity index (χ1) is 11.1. The Hall–Kier alpha value is -2.29. The maximum absolute atomic E-state index is 12.7. The summed E-state index contributed by atoms with van der Waals surface area (Å²) in [5.74, 6) is 0.894. The first-order valence-corrected chi connectivity index (χ1v) is 8.13. The molecule has 120 valence electrons. The second kappa shape index (κ2) is 6.45. The lowest BCUT2D eigenvalue weighted by atomic mass is 9.87. The zero-order valence-electron chi connectivity index (χ0n) is 14.0. The third-order valence-electron chi connectivity index (χ3n) is 4.61. The van der Waals surface area contributed by atoms with Crippen LogP contribution in [-0.4, -0.2) is 13.0 Å². The average Bonchev–Trinajstić information content (AvgIpc) is 2.56. The Morgan fingerprint density at radius 2 is 2.00 bits per heavy atom. The van der Waals surface area contributed by atoms with Gasteiger partial charge in [0.15, 0.2) is 0 Å². The van der Waals surface area contributed by atoms with Crippen LogP contribution in [0.5, 0.6) is 5.75 Å². The lowest BCUT2D eigenvalue weighted by Crippen LogP contribution is -2.31. The number of amides is 1. The standard InChI is InChI=1S/C20H23NO2/c1-13-7-8-14(2)18(11-13)20(22)21-19-6-4-5-15-12-16(23-3)9-10-17(15)19/h7-12,19H,4-6H2,1-3H3,(H,21,22). The third kappa shape index (κ3) is 3.24. The number of fused-ring (bicyclic) bond motifs is 1. The maximum Gasteiger partial charge on any atom is 0.252 e. The fourth-order valence-electron chi connectivity index (χ4n) is 3.28. The normalized spacial score (nSPS) is 16.6. The highest BCUT2D eigenvalue weighted by atomic mass is 16.5. The van der Waals surface area contributed by atoms with Gasteiger partial charge in [-0.3, -0.25) is 4.79 Å². The summed E-state index contributed by atoms with van der Waals surface area (Å²) in [7, 11) is 1.68. The van der Waals surface area contributed by atoms with Gasteiger partial charge in [0.25, 0.3) is 5.91 Å². The Balaban J connectivity index is 1.84. The number of methoxy groups -OCH3 is 1. The highest BCUT2D eigenvalue weighted by molar-refractivity contribution is 5.96. The molecular weight excluding hydrogens is 286 g/mol. The molecule has 1 aliphatic carbocycles. The van der Waals surface area contributed by atoms with Gasteiger partial charge >= 0.3 is 0 Å². The Morgan fingerprint density at radius 1 is 1.17 bits per heavy atom. The van der Waals surface area contributed by atoms with E-state index < -0.39 is 0 Å². The molecule has 0 bridgehead atoms. The summed E-state index contributed by atoms with van der Waals surface area (Å²) in [5, 5.41) is 3.22. The van der Waals surface area contributed by atoms with Gasteiger partial charge in [-0.1, -0.05) is 23.8 Å². The minimum Gasteiger partial charge on any atom is -0.497 e. The molecule has 1 atom stereocenters. The number of hydrogen-bond acceptors (Lipinski definition) is 2. The first-order valence-electron chi connectivity index (χ1n) is 8.13. The second-order valence-corrected chi connectivity index (χ2v) is 6.30. The quantitative estimate of drug-likeness (QED) is 0.926. The van der Waals surface area contributed by atoms with E-state index in [1.807, 2.05) is 38.1 Å². The zero-order chi connectivity index (χ0) is 16.4. The summed E-state index contributed by atoms with van der Waals surface area (Å²) in [5.41, 5.74) is 5.39. The van der Waals surface area contributed by atoms with Crippen LogP contribution in [0.4, 0.5) is 0 Å². The molecule has 1 N–H and O–H groups in total. The van der Waals surface area contributed by atoms with Gasteiger partial charge in [-0.15, -0.1) is 0 Å². The van der Waals surface area contributed by atoms with E-state index in [1.165, 1.54) is 11.1 Å². The van der Waals surface area contributed by atoms with Gasteiger partial charge in [0.1, 0.15) is 5.75 Å².